The Morgan fingerprint density at radius 1 is 1.45 bits per heavy atom. The Hall–Kier alpha value is -1.38. The van der Waals surface area contributed by atoms with E-state index in [9.17, 15) is 0 Å². The minimum Gasteiger partial charge on any atom is -0.508 e. The summed E-state index contributed by atoms with van der Waals surface area (Å²) < 4.78 is 5.13. The van der Waals surface area contributed by atoms with Gasteiger partial charge in [0.25, 0.3) is 0 Å². The lowest BCUT2D eigenvalue weighted by Crippen LogP contribution is -1.92. The normalized spacial score (nSPS) is 9.55. The maximum absolute atomic E-state index is 9.06. The molecule has 0 unspecified atom stereocenters. The topological polar surface area (TPSA) is 55.5 Å². The van der Waals surface area contributed by atoms with Gasteiger partial charge in [0.15, 0.2) is 0 Å². The molecule has 11 heavy (non-hydrogen) atoms. The lowest BCUT2D eigenvalue weighted by atomic mass is 10.3. The number of hydrogen-bond acceptors (Lipinski definition) is 3. The highest BCUT2D eigenvalue weighted by Gasteiger charge is 1.96. The molecule has 0 aliphatic carbocycles. The second kappa shape index (κ2) is 3.14. The highest BCUT2D eigenvalue weighted by molar-refractivity contribution is 5.49. The van der Waals surface area contributed by atoms with Gasteiger partial charge in [0.1, 0.15) is 11.5 Å². The molecule has 0 saturated carbocycles. The number of nitrogens with two attached hydrogens (primary N) is 1. The fourth-order valence-electron chi connectivity index (χ4n) is 0.856. The highest BCUT2D eigenvalue weighted by atomic mass is 16.5. The van der Waals surface area contributed by atoms with Crippen LogP contribution in [0.4, 0.5) is 5.69 Å². The zero-order valence-corrected chi connectivity index (χ0v) is 6.37. The molecule has 3 N–H and O–H groups in total. The van der Waals surface area contributed by atoms with Gasteiger partial charge in [-0.1, -0.05) is 0 Å². The van der Waals surface area contributed by atoms with Gasteiger partial charge >= 0.3 is 0 Å². The molecular weight excluding hydrogens is 142 g/mol. The van der Waals surface area contributed by atoms with E-state index in [2.05, 4.69) is 0 Å². The van der Waals surface area contributed by atoms with Crippen LogP contribution >= 0.6 is 0 Å². The third kappa shape index (κ3) is 2.04. The van der Waals surface area contributed by atoms with E-state index in [1.807, 2.05) is 6.92 Å². The first kappa shape index (κ1) is 7.72. The van der Waals surface area contributed by atoms with Crippen LogP contribution in [0.5, 0.6) is 11.5 Å². The van der Waals surface area contributed by atoms with Crippen molar-refractivity contribution < 1.29 is 9.84 Å². The van der Waals surface area contributed by atoms with Crippen LogP contribution in [-0.2, 0) is 0 Å². The predicted molar refractivity (Wildman–Crippen MR) is 43.7 cm³/mol. The maximum Gasteiger partial charge on any atom is 0.125 e. The molecule has 0 radical (unpaired) electrons. The van der Waals surface area contributed by atoms with Crippen molar-refractivity contribution in [3.8, 4) is 11.5 Å². The number of aromatic hydroxyl groups is 1. The maximum atomic E-state index is 9.06. The van der Waals surface area contributed by atoms with Gasteiger partial charge in [0.05, 0.1) is 6.61 Å². The molecule has 0 atom stereocenters. The molecule has 60 valence electrons. The molecule has 0 aliphatic rings. The molecule has 1 aromatic rings. The molecule has 0 bridgehead atoms. The molecule has 3 nitrogen and oxygen atoms in total. The minimum atomic E-state index is 0.133. The minimum absolute atomic E-state index is 0.133. The third-order valence-corrected chi connectivity index (χ3v) is 1.22. The highest BCUT2D eigenvalue weighted by Crippen LogP contribution is 2.22. The van der Waals surface area contributed by atoms with E-state index in [0.29, 0.717) is 18.0 Å². The Morgan fingerprint density at radius 3 is 2.73 bits per heavy atom. The van der Waals surface area contributed by atoms with Crippen molar-refractivity contribution in [2.45, 2.75) is 6.92 Å². The van der Waals surface area contributed by atoms with Crippen LogP contribution in [0, 0.1) is 0 Å². The summed E-state index contributed by atoms with van der Waals surface area (Å²) >= 11 is 0. The van der Waals surface area contributed by atoms with Crippen molar-refractivity contribution in [2.75, 3.05) is 12.3 Å². The summed E-state index contributed by atoms with van der Waals surface area (Å²) in [5, 5.41) is 9.06. The number of benzene rings is 1. The number of phenols is 1. The van der Waals surface area contributed by atoms with E-state index in [1.165, 1.54) is 12.1 Å². The summed E-state index contributed by atoms with van der Waals surface area (Å²) in [6, 6.07) is 4.67. The van der Waals surface area contributed by atoms with Crippen LogP contribution < -0.4 is 10.5 Å². The van der Waals surface area contributed by atoms with Crippen molar-refractivity contribution in [3.63, 3.8) is 0 Å². The van der Waals surface area contributed by atoms with E-state index in [0.717, 1.165) is 0 Å². The molecule has 0 fully saturated rings. The largest absolute Gasteiger partial charge is 0.508 e. The molecule has 0 aliphatic heterocycles. The first-order valence-electron chi connectivity index (χ1n) is 3.44. The molecule has 0 aromatic heterocycles. The Kier molecular flexibility index (Phi) is 2.21. The standard InChI is InChI=1S/C8H11NO2/c1-2-11-8-4-6(9)3-7(10)5-8/h3-5,10H,2,9H2,1H3. The lowest BCUT2D eigenvalue weighted by molar-refractivity contribution is 0.338. The lowest BCUT2D eigenvalue weighted by Gasteiger charge is -2.03. The van der Waals surface area contributed by atoms with E-state index in [1.54, 1.807) is 6.07 Å². The van der Waals surface area contributed by atoms with Crippen molar-refractivity contribution in [2.24, 2.45) is 0 Å². The van der Waals surface area contributed by atoms with Crippen LogP contribution in [0.25, 0.3) is 0 Å². The second-order valence-corrected chi connectivity index (χ2v) is 2.19. The van der Waals surface area contributed by atoms with E-state index >= 15 is 0 Å². The van der Waals surface area contributed by atoms with Crippen molar-refractivity contribution in [1.82, 2.24) is 0 Å². The number of phenolic OH excluding ortho intramolecular Hbond substituents is 1. The van der Waals surface area contributed by atoms with E-state index in [4.69, 9.17) is 15.6 Å². The summed E-state index contributed by atoms with van der Waals surface area (Å²) in [4.78, 5) is 0. The summed E-state index contributed by atoms with van der Waals surface area (Å²) in [7, 11) is 0. The number of hydrogen-bond donors (Lipinski definition) is 2. The van der Waals surface area contributed by atoms with Crippen molar-refractivity contribution >= 4 is 5.69 Å². The zero-order valence-electron chi connectivity index (χ0n) is 6.37. The van der Waals surface area contributed by atoms with Crippen molar-refractivity contribution in [1.29, 1.82) is 0 Å². The van der Waals surface area contributed by atoms with Gasteiger partial charge in [-0.2, -0.15) is 0 Å². The fourth-order valence-corrected chi connectivity index (χ4v) is 0.856. The fraction of sp³-hybridized carbons (Fsp3) is 0.250. The van der Waals surface area contributed by atoms with Crippen LogP contribution in [0.1, 0.15) is 6.92 Å². The van der Waals surface area contributed by atoms with Gasteiger partial charge in [0.2, 0.25) is 0 Å². The van der Waals surface area contributed by atoms with Crippen LogP contribution in [-0.4, -0.2) is 11.7 Å². The number of nitrogen functional groups attached to an aromatic ring is 1. The summed E-state index contributed by atoms with van der Waals surface area (Å²) in [5.74, 6) is 0.735. The Bertz CT molecular complexity index is 228. The first-order valence-corrected chi connectivity index (χ1v) is 3.44. The van der Waals surface area contributed by atoms with Crippen molar-refractivity contribution in [3.05, 3.63) is 18.2 Å². The number of anilines is 1. The van der Waals surface area contributed by atoms with Gasteiger partial charge in [-0.25, -0.2) is 0 Å². The van der Waals surface area contributed by atoms with Gasteiger partial charge in [0, 0.05) is 23.9 Å². The molecule has 0 spiro atoms. The number of rotatable bonds is 2. The summed E-state index contributed by atoms with van der Waals surface area (Å²) in [5.41, 5.74) is 5.96. The molecule has 1 aromatic carbocycles. The monoisotopic (exact) mass is 153 g/mol. The van der Waals surface area contributed by atoms with Gasteiger partial charge in [-0.15, -0.1) is 0 Å². The molecule has 0 saturated heterocycles. The Morgan fingerprint density at radius 2 is 2.18 bits per heavy atom. The van der Waals surface area contributed by atoms with Crippen LogP contribution in [0.3, 0.4) is 0 Å². The quantitative estimate of drug-likeness (QED) is 0.631. The summed E-state index contributed by atoms with van der Waals surface area (Å²) in [6.45, 7) is 2.45. The average Bonchev–Trinajstić information content (AvgIpc) is 1.85. The molecule has 3 heteroatoms. The predicted octanol–water partition coefficient (Wildman–Crippen LogP) is 1.37. The molecular formula is C8H11NO2. The molecule has 0 amide bonds. The summed E-state index contributed by atoms with van der Waals surface area (Å²) in [6.07, 6.45) is 0. The van der Waals surface area contributed by atoms with Gasteiger partial charge in [-0.3, -0.25) is 0 Å². The number of ether oxygens (including phenoxy) is 1. The first-order chi connectivity index (χ1) is 5.22. The Balaban J connectivity index is 2.89. The van der Waals surface area contributed by atoms with E-state index < -0.39 is 0 Å². The van der Waals surface area contributed by atoms with Crippen LogP contribution in [0.15, 0.2) is 18.2 Å². The third-order valence-electron chi connectivity index (χ3n) is 1.22. The molecule has 0 heterocycles. The smallest absolute Gasteiger partial charge is 0.125 e. The Labute approximate surface area is 65.4 Å². The van der Waals surface area contributed by atoms with Gasteiger partial charge < -0.3 is 15.6 Å². The van der Waals surface area contributed by atoms with E-state index in [-0.39, 0.29) is 5.75 Å². The SMILES string of the molecule is CCOc1cc(N)cc(O)c1. The average molecular weight is 153 g/mol. The zero-order chi connectivity index (χ0) is 8.27. The van der Waals surface area contributed by atoms with Gasteiger partial charge in [-0.05, 0) is 6.92 Å². The second-order valence-electron chi connectivity index (χ2n) is 2.19. The van der Waals surface area contributed by atoms with Crippen LogP contribution in [0.2, 0.25) is 0 Å². The molecule has 1 rings (SSSR count).